The molecule has 0 atom stereocenters. The number of hydrogen-bond donors (Lipinski definition) is 1. The standard InChI is InChI=1S/C20H18Cl2N2O3/c1-3-27-19(25)9-12-8-16(22)14(10-15(12)21)20(26)23-17-11-24(2)18-7-5-4-6-13(17)18/h4-8,10-11H,3,9H2,1-2H3,(H,23,26). The van der Waals surface area contributed by atoms with Crippen LogP contribution in [0.1, 0.15) is 22.8 Å². The molecule has 0 aliphatic rings. The van der Waals surface area contributed by atoms with Gasteiger partial charge < -0.3 is 14.6 Å². The van der Waals surface area contributed by atoms with Crippen LogP contribution in [0.2, 0.25) is 10.0 Å². The van der Waals surface area contributed by atoms with E-state index in [0.29, 0.717) is 11.3 Å². The Bertz CT molecular complexity index is 1030. The van der Waals surface area contributed by atoms with E-state index in [0.717, 1.165) is 10.9 Å². The SMILES string of the molecule is CCOC(=O)Cc1cc(Cl)c(C(=O)Nc2cn(C)c3ccccc23)cc1Cl. The first-order valence-corrected chi connectivity index (χ1v) is 9.15. The fourth-order valence-electron chi connectivity index (χ4n) is 2.90. The van der Waals surface area contributed by atoms with Crippen LogP contribution >= 0.6 is 23.2 Å². The van der Waals surface area contributed by atoms with Gasteiger partial charge in [0.05, 0.1) is 29.3 Å². The largest absolute Gasteiger partial charge is 0.466 e. The maximum Gasteiger partial charge on any atom is 0.310 e. The van der Waals surface area contributed by atoms with E-state index in [9.17, 15) is 9.59 Å². The van der Waals surface area contributed by atoms with Gasteiger partial charge in [-0.1, -0.05) is 41.4 Å². The van der Waals surface area contributed by atoms with E-state index in [2.05, 4.69) is 5.32 Å². The highest BCUT2D eigenvalue weighted by atomic mass is 35.5. The predicted octanol–water partition coefficient (Wildman–Crippen LogP) is 4.84. The second-order valence-corrected chi connectivity index (χ2v) is 6.84. The summed E-state index contributed by atoms with van der Waals surface area (Å²) in [4.78, 5) is 24.4. The lowest BCUT2D eigenvalue weighted by Gasteiger charge is -2.10. The lowest BCUT2D eigenvalue weighted by Crippen LogP contribution is -2.13. The third kappa shape index (κ3) is 4.10. The van der Waals surface area contributed by atoms with E-state index >= 15 is 0 Å². The average molecular weight is 405 g/mol. The molecule has 0 radical (unpaired) electrons. The maximum atomic E-state index is 12.7. The molecule has 3 rings (SSSR count). The zero-order chi connectivity index (χ0) is 19.6. The summed E-state index contributed by atoms with van der Waals surface area (Å²) in [5, 5.41) is 4.31. The molecule has 5 nitrogen and oxygen atoms in total. The van der Waals surface area contributed by atoms with Crippen LogP contribution in [0.15, 0.2) is 42.6 Å². The van der Waals surface area contributed by atoms with Crippen molar-refractivity contribution in [1.29, 1.82) is 0 Å². The minimum absolute atomic E-state index is 0.00237. The van der Waals surface area contributed by atoms with Crippen molar-refractivity contribution in [3.05, 3.63) is 63.8 Å². The second kappa shape index (κ2) is 8.03. The van der Waals surface area contributed by atoms with Gasteiger partial charge >= 0.3 is 5.97 Å². The van der Waals surface area contributed by atoms with Crippen molar-refractivity contribution in [1.82, 2.24) is 4.57 Å². The third-order valence-electron chi connectivity index (χ3n) is 4.17. The Hall–Kier alpha value is -2.50. The number of carbonyl (C=O) groups excluding carboxylic acids is 2. The van der Waals surface area contributed by atoms with Crippen molar-refractivity contribution >= 4 is 51.7 Å². The van der Waals surface area contributed by atoms with Crippen LogP contribution in [0.25, 0.3) is 10.9 Å². The van der Waals surface area contributed by atoms with Gasteiger partial charge in [-0.05, 0) is 30.7 Å². The average Bonchev–Trinajstić information content (AvgIpc) is 2.94. The first kappa shape index (κ1) is 19.3. The van der Waals surface area contributed by atoms with Gasteiger partial charge in [0.25, 0.3) is 5.91 Å². The van der Waals surface area contributed by atoms with Crippen molar-refractivity contribution in [2.45, 2.75) is 13.3 Å². The molecule has 1 aromatic heterocycles. The van der Waals surface area contributed by atoms with Gasteiger partial charge in [0.2, 0.25) is 0 Å². The summed E-state index contributed by atoms with van der Waals surface area (Å²) in [6.07, 6.45) is 1.84. The molecule has 1 N–H and O–H groups in total. The number of fused-ring (bicyclic) bond motifs is 1. The molecule has 3 aromatic rings. The first-order chi connectivity index (χ1) is 12.9. The van der Waals surface area contributed by atoms with E-state index in [4.69, 9.17) is 27.9 Å². The van der Waals surface area contributed by atoms with E-state index < -0.39 is 5.97 Å². The molecule has 0 aliphatic heterocycles. The molecule has 140 valence electrons. The molecule has 0 spiro atoms. The number of anilines is 1. The molecule has 0 aliphatic carbocycles. The summed E-state index contributed by atoms with van der Waals surface area (Å²) in [6.45, 7) is 2.02. The minimum atomic E-state index is -0.400. The Balaban J connectivity index is 1.86. The van der Waals surface area contributed by atoms with Crippen molar-refractivity contribution in [2.75, 3.05) is 11.9 Å². The highest BCUT2D eigenvalue weighted by Crippen LogP contribution is 2.29. The lowest BCUT2D eigenvalue weighted by atomic mass is 10.1. The molecule has 2 aromatic carbocycles. The highest BCUT2D eigenvalue weighted by Gasteiger charge is 2.18. The molecule has 0 bridgehead atoms. The predicted molar refractivity (Wildman–Crippen MR) is 108 cm³/mol. The molecule has 1 amide bonds. The summed E-state index contributed by atoms with van der Waals surface area (Å²) < 4.78 is 6.85. The van der Waals surface area contributed by atoms with Crippen molar-refractivity contribution < 1.29 is 14.3 Å². The number of amides is 1. The Labute approximate surface area is 166 Å². The molecule has 1 heterocycles. The Morgan fingerprint density at radius 2 is 1.89 bits per heavy atom. The summed E-state index contributed by atoms with van der Waals surface area (Å²) in [6, 6.07) is 10.7. The van der Waals surface area contributed by atoms with E-state index in [1.807, 2.05) is 42.1 Å². The van der Waals surface area contributed by atoms with Crippen molar-refractivity contribution in [3.63, 3.8) is 0 Å². The number of benzene rings is 2. The number of ether oxygens (including phenoxy) is 1. The number of esters is 1. The number of halogens is 2. The number of hydrogen-bond acceptors (Lipinski definition) is 3. The van der Waals surface area contributed by atoms with Crippen LogP contribution in [0.3, 0.4) is 0 Å². The number of rotatable bonds is 5. The van der Waals surface area contributed by atoms with Crippen molar-refractivity contribution in [3.8, 4) is 0 Å². The van der Waals surface area contributed by atoms with Gasteiger partial charge in [-0.15, -0.1) is 0 Å². The summed E-state index contributed by atoms with van der Waals surface area (Å²) in [5.74, 6) is -0.774. The number of aryl methyl sites for hydroxylation is 1. The van der Waals surface area contributed by atoms with E-state index in [1.54, 1.807) is 6.92 Å². The molecular formula is C20H18Cl2N2O3. The number of carbonyl (C=O) groups is 2. The number of nitrogens with one attached hydrogen (secondary N) is 1. The van der Waals surface area contributed by atoms with Crippen molar-refractivity contribution in [2.24, 2.45) is 7.05 Å². The molecule has 27 heavy (non-hydrogen) atoms. The summed E-state index contributed by atoms with van der Waals surface area (Å²) in [5.41, 5.74) is 2.44. The molecule has 0 unspecified atom stereocenters. The first-order valence-electron chi connectivity index (χ1n) is 8.39. The van der Waals surface area contributed by atoms with Crippen LogP contribution in [0.4, 0.5) is 5.69 Å². The van der Waals surface area contributed by atoms with Gasteiger partial charge in [0.1, 0.15) is 0 Å². The second-order valence-electron chi connectivity index (χ2n) is 6.03. The minimum Gasteiger partial charge on any atom is -0.466 e. The molecule has 0 saturated carbocycles. The van der Waals surface area contributed by atoms with Crippen LogP contribution in [-0.2, 0) is 23.0 Å². The number of aromatic nitrogens is 1. The van der Waals surface area contributed by atoms with Gasteiger partial charge in [-0.2, -0.15) is 0 Å². The third-order valence-corrected chi connectivity index (χ3v) is 4.83. The summed E-state index contributed by atoms with van der Waals surface area (Å²) >= 11 is 12.5. The highest BCUT2D eigenvalue weighted by molar-refractivity contribution is 6.37. The molecule has 0 saturated heterocycles. The fourth-order valence-corrected chi connectivity index (χ4v) is 3.40. The fraction of sp³-hybridized carbons (Fsp3) is 0.200. The van der Waals surface area contributed by atoms with E-state index in [-0.39, 0.29) is 34.5 Å². The monoisotopic (exact) mass is 404 g/mol. The van der Waals surface area contributed by atoms with Gasteiger partial charge in [-0.25, -0.2) is 0 Å². The molecule has 7 heteroatoms. The Morgan fingerprint density at radius 3 is 2.63 bits per heavy atom. The Kier molecular flexibility index (Phi) is 5.73. The lowest BCUT2D eigenvalue weighted by molar-refractivity contribution is -0.142. The molecular weight excluding hydrogens is 387 g/mol. The summed E-state index contributed by atoms with van der Waals surface area (Å²) in [7, 11) is 1.91. The number of para-hydroxylation sites is 1. The van der Waals surface area contributed by atoms with Crippen LogP contribution in [0, 0.1) is 0 Å². The van der Waals surface area contributed by atoms with Crippen LogP contribution in [0.5, 0.6) is 0 Å². The molecule has 0 fully saturated rings. The van der Waals surface area contributed by atoms with E-state index in [1.165, 1.54) is 12.1 Å². The van der Waals surface area contributed by atoms with Gasteiger partial charge in [0, 0.05) is 29.2 Å². The van der Waals surface area contributed by atoms with Gasteiger partial charge in [0.15, 0.2) is 0 Å². The zero-order valence-corrected chi connectivity index (χ0v) is 16.4. The van der Waals surface area contributed by atoms with Crippen LogP contribution in [-0.4, -0.2) is 23.1 Å². The van der Waals surface area contributed by atoms with Crippen LogP contribution < -0.4 is 5.32 Å². The zero-order valence-electron chi connectivity index (χ0n) is 14.9. The maximum absolute atomic E-state index is 12.7. The smallest absolute Gasteiger partial charge is 0.310 e. The Morgan fingerprint density at radius 1 is 1.15 bits per heavy atom. The number of nitrogens with zero attached hydrogens (tertiary/aromatic N) is 1. The van der Waals surface area contributed by atoms with Gasteiger partial charge in [-0.3, -0.25) is 9.59 Å². The normalized spacial score (nSPS) is 10.8. The quantitative estimate of drug-likeness (QED) is 0.618. The topological polar surface area (TPSA) is 60.3 Å².